The molecule has 0 aromatic heterocycles. The van der Waals surface area contributed by atoms with E-state index in [9.17, 15) is 14.4 Å². The van der Waals surface area contributed by atoms with E-state index in [1.807, 2.05) is 6.92 Å². The molecule has 7 nitrogen and oxygen atoms in total. The summed E-state index contributed by atoms with van der Waals surface area (Å²) in [6.45, 7) is 1.81. The maximum atomic E-state index is 12.9. The fourth-order valence-corrected chi connectivity index (χ4v) is 2.92. The van der Waals surface area contributed by atoms with Crippen molar-refractivity contribution in [2.45, 2.75) is 6.92 Å². The number of ether oxygens (including phenoxy) is 2. The highest BCUT2D eigenvalue weighted by Crippen LogP contribution is 2.32. The molecule has 0 spiro atoms. The Labute approximate surface area is 166 Å². The molecule has 4 amide bonds. The molecule has 28 heavy (non-hydrogen) atoms. The summed E-state index contributed by atoms with van der Waals surface area (Å²) >= 11 is 5.86. The Kier molecular flexibility index (Phi) is 5.37. The van der Waals surface area contributed by atoms with E-state index < -0.39 is 17.8 Å². The number of aryl methyl sites for hydroxylation is 1. The predicted octanol–water partition coefficient (Wildman–Crippen LogP) is 3.33. The molecular weight excluding hydrogens is 384 g/mol. The fourth-order valence-electron chi connectivity index (χ4n) is 2.79. The maximum Gasteiger partial charge on any atom is 0.335 e. The van der Waals surface area contributed by atoms with Crippen LogP contribution in [-0.4, -0.2) is 32.1 Å². The van der Waals surface area contributed by atoms with E-state index in [1.165, 1.54) is 32.4 Å². The minimum Gasteiger partial charge on any atom is -0.493 e. The molecular formula is C20H17ClN2O5. The van der Waals surface area contributed by atoms with Gasteiger partial charge in [0.2, 0.25) is 0 Å². The van der Waals surface area contributed by atoms with Crippen LogP contribution >= 0.6 is 11.6 Å². The molecule has 0 bridgehead atoms. The number of carbonyl (C=O) groups excluding carboxylic acids is 3. The summed E-state index contributed by atoms with van der Waals surface area (Å²) in [5.74, 6) is -0.520. The molecule has 0 aliphatic carbocycles. The normalized spacial score (nSPS) is 15.6. The molecule has 0 atom stereocenters. The van der Waals surface area contributed by atoms with Gasteiger partial charge in [-0.15, -0.1) is 0 Å². The van der Waals surface area contributed by atoms with Crippen LogP contribution < -0.4 is 19.7 Å². The second-order valence-corrected chi connectivity index (χ2v) is 6.43. The van der Waals surface area contributed by atoms with E-state index in [0.717, 1.165) is 10.5 Å². The van der Waals surface area contributed by atoms with Crippen molar-refractivity contribution < 1.29 is 23.9 Å². The highest BCUT2D eigenvalue weighted by atomic mass is 35.5. The van der Waals surface area contributed by atoms with E-state index in [1.54, 1.807) is 24.3 Å². The third kappa shape index (κ3) is 3.57. The zero-order valence-electron chi connectivity index (χ0n) is 15.4. The molecule has 2 aromatic carbocycles. The zero-order valence-corrected chi connectivity index (χ0v) is 16.2. The summed E-state index contributed by atoms with van der Waals surface area (Å²) in [5.41, 5.74) is 1.47. The molecule has 1 saturated heterocycles. The van der Waals surface area contributed by atoms with Gasteiger partial charge in [-0.1, -0.05) is 11.6 Å². The number of carbonyl (C=O) groups is 3. The Hall–Kier alpha value is -3.32. The molecule has 0 saturated carbocycles. The van der Waals surface area contributed by atoms with Gasteiger partial charge in [0.25, 0.3) is 11.8 Å². The Morgan fingerprint density at radius 3 is 2.21 bits per heavy atom. The van der Waals surface area contributed by atoms with Gasteiger partial charge in [0.05, 0.1) is 19.9 Å². The van der Waals surface area contributed by atoms with Crippen LogP contribution in [0.2, 0.25) is 5.02 Å². The lowest BCUT2D eigenvalue weighted by Gasteiger charge is -2.26. The van der Waals surface area contributed by atoms with Gasteiger partial charge in [-0.05, 0) is 60.5 Å². The van der Waals surface area contributed by atoms with E-state index >= 15 is 0 Å². The number of nitrogens with zero attached hydrogens (tertiary/aromatic N) is 1. The number of urea groups is 1. The number of benzene rings is 2. The summed E-state index contributed by atoms with van der Waals surface area (Å²) < 4.78 is 10.5. The van der Waals surface area contributed by atoms with E-state index in [-0.39, 0.29) is 5.57 Å². The number of hydrogen-bond acceptors (Lipinski definition) is 5. The first-order chi connectivity index (χ1) is 13.3. The smallest absolute Gasteiger partial charge is 0.335 e. The van der Waals surface area contributed by atoms with Gasteiger partial charge in [0.15, 0.2) is 11.5 Å². The molecule has 1 aliphatic heterocycles. The molecule has 1 fully saturated rings. The molecule has 0 radical (unpaired) electrons. The Morgan fingerprint density at radius 2 is 1.61 bits per heavy atom. The van der Waals surface area contributed by atoms with Crippen molar-refractivity contribution in [2.24, 2.45) is 0 Å². The summed E-state index contributed by atoms with van der Waals surface area (Å²) in [6.07, 6.45) is 1.42. The second kappa shape index (κ2) is 7.74. The third-order valence-electron chi connectivity index (χ3n) is 4.26. The van der Waals surface area contributed by atoms with Gasteiger partial charge in [-0.25, -0.2) is 9.69 Å². The van der Waals surface area contributed by atoms with Crippen molar-refractivity contribution in [3.05, 3.63) is 58.1 Å². The number of rotatable bonds is 4. The zero-order chi connectivity index (χ0) is 20.4. The number of anilines is 1. The minimum absolute atomic E-state index is 0.176. The molecule has 144 valence electrons. The Morgan fingerprint density at radius 1 is 1.00 bits per heavy atom. The number of methoxy groups -OCH3 is 2. The summed E-state index contributed by atoms with van der Waals surface area (Å²) in [6, 6.07) is 8.72. The van der Waals surface area contributed by atoms with Crippen LogP contribution in [0.5, 0.6) is 11.5 Å². The van der Waals surface area contributed by atoms with Gasteiger partial charge in [-0.3, -0.25) is 14.9 Å². The van der Waals surface area contributed by atoms with E-state index in [0.29, 0.717) is 27.8 Å². The van der Waals surface area contributed by atoms with Crippen molar-refractivity contribution in [1.29, 1.82) is 0 Å². The van der Waals surface area contributed by atoms with Crippen molar-refractivity contribution >= 4 is 41.2 Å². The van der Waals surface area contributed by atoms with Crippen LogP contribution in [0.25, 0.3) is 6.08 Å². The molecule has 1 heterocycles. The van der Waals surface area contributed by atoms with Crippen molar-refractivity contribution in [3.8, 4) is 11.5 Å². The largest absolute Gasteiger partial charge is 0.493 e. The van der Waals surface area contributed by atoms with E-state index in [4.69, 9.17) is 21.1 Å². The van der Waals surface area contributed by atoms with Crippen LogP contribution in [0.3, 0.4) is 0 Å². The first-order valence-electron chi connectivity index (χ1n) is 8.25. The van der Waals surface area contributed by atoms with Crippen LogP contribution in [0.1, 0.15) is 11.1 Å². The SMILES string of the molecule is COc1cc(C)c(C=C2C(=O)NC(=O)N(c3ccc(Cl)cc3)C2=O)cc1OC. The average Bonchev–Trinajstić information content (AvgIpc) is 2.67. The van der Waals surface area contributed by atoms with Gasteiger partial charge in [0.1, 0.15) is 5.57 Å². The summed E-state index contributed by atoms with van der Waals surface area (Å²) in [7, 11) is 3.01. The standard InChI is InChI=1S/C20H17ClN2O5/c1-11-8-16(27-2)17(28-3)10-12(11)9-15-18(24)22-20(26)23(19(15)25)14-6-4-13(21)5-7-14/h4-10H,1-3H3,(H,22,24,26). The van der Waals surface area contributed by atoms with Crippen molar-refractivity contribution in [2.75, 3.05) is 19.1 Å². The summed E-state index contributed by atoms with van der Waals surface area (Å²) in [5, 5.41) is 2.64. The molecule has 3 rings (SSSR count). The van der Waals surface area contributed by atoms with Gasteiger partial charge >= 0.3 is 6.03 Å². The Balaban J connectivity index is 2.05. The van der Waals surface area contributed by atoms with Crippen LogP contribution in [0.15, 0.2) is 42.0 Å². The monoisotopic (exact) mass is 400 g/mol. The molecule has 1 aliphatic rings. The van der Waals surface area contributed by atoms with Crippen molar-refractivity contribution in [1.82, 2.24) is 5.32 Å². The Bertz CT molecular complexity index is 998. The van der Waals surface area contributed by atoms with Gasteiger partial charge < -0.3 is 9.47 Å². The minimum atomic E-state index is -0.821. The number of amides is 4. The van der Waals surface area contributed by atoms with Gasteiger partial charge in [-0.2, -0.15) is 0 Å². The number of hydrogen-bond donors (Lipinski definition) is 1. The van der Waals surface area contributed by atoms with Crippen LogP contribution in [-0.2, 0) is 9.59 Å². The number of barbiturate groups is 1. The highest BCUT2D eigenvalue weighted by molar-refractivity contribution is 6.39. The quantitative estimate of drug-likeness (QED) is 0.628. The predicted molar refractivity (Wildman–Crippen MR) is 105 cm³/mol. The highest BCUT2D eigenvalue weighted by Gasteiger charge is 2.36. The fraction of sp³-hybridized carbons (Fsp3) is 0.150. The molecule has 1 N–H and O–H groups in total. The molecule has 8 heteroatoms. The lowest BCUT2D eigenvalue weighted by Crippen LogP contribution is -2.54. The maximum absolute atomic E-state index is 12.9. The third-order valence-corrected chi connectivity index (χ3v) is 4.51. The summed E-state index contributed by atoms with van der Waals surface area (Å²) in [4.78, 5) is 38.3. The lowest BCUT2D eigenvalue weighted by atomic mass is 10.0. The number of halogens is 1. The first kappa shape index (κ1) is 19.4. The van der Waals surface area contributed by atoms with E-state index in [2.05, 4.69) is 5.32 Å². The average molecular weight is 401 g/mol. The van der Waals surface area contributed by atoms with Crippen LogP contribution in [0, 0.1) is 6.92 Å². The second-order valence-electron chi connectivity index (χ2n) is 6.00. The lowest BCUT2D eigenvalue weighted by molar-refractivity contribution is -0.122. The number of nitrogens with one attached hydrogen (secondary N) is 1. The van der Waals surface area contributed by atoms with Crippen molar-refractivity contribution in [3.63, 3.8) is 0 Å². The first-order valence-corrected chi connectivity index (χ1v) is 8.63. The van der Waals surface area contributed by atoms with Gasteiger partial charge in [0, 0.05) is 5.02 Å². The molecule has 2 aromatic rings. The van der Waals surface area contributed by atoms with Crippen LogP contribution in [0.4, 0.5) is 10.5 Å². The number of imide groups is 2. The molecule has 0 unspecified atom stereocenters. The topological polar surface area (TPSA) is 84.9 Å².